The number of hydrogen-bond donors (Lipinski definition) is 0. The fraction of sp³-hybridized carbons (Fsp3) is 0.286. The molecule has 0 radical (unpaired) electrons. The molecule has 2 aromatic heterocycles. The summed E-state index contributed by atoms with van der Waals surface area (Å²) in [5, 5.41) is 5.33. The van der Waals surface area contributed by atoms with E-state index in [-0.39, 0.29) is 30.7 Å². The minimum atomic E-state index is -0.796. The van der Waals surface area contributed by atoms with Gasteiger partial charge in [-0.15, -0.1) is 0 Å². The monoisotopic (exact) mass is 472 g/mol. The molecule has 0 spiro atoms. The van der Waals surface area contributed by atoms with Crippen molar-refractivity contribution >= 4 is 40.7 Å². The summed E-state index contributed by atoms with van der Waals surface area (Å²) in [6, 6.07) is 4.28. The van der Waals surface area contributed by atoms with Crippen molar-refractivity contribution < 1.29 is 14.3 Å². The van der Waals surface area contributed by atoms with Crippen LogP contribution >= 0.6 is 23.2 Å². The number of ether oxygens (including phenoxy) is 1. The molecule has 0 aliphatic carbocycles. The Morgan fingerprint density at radius 1 is 1.22 bits per heavy atom. The molecule has 32 heavy (non-hydrogen) atoms. The Hall–Kier alpha value is -3.17. The summed E-state index contributed by atoms with van der Waals surface area (Å²) in [5.74, 6) is -0.101. The molecule has 5 rings (SSSR count). The highest BCUT2D eigenvalue weighted by atomic mass is 35.5. The van der Waals surface area contributed by atoms with Crippen molar-refractivity contribution in [3.63, 3.8) is 0 Å². The van der Waals surface area contributed by atoms with Gasteiger partial charge in [-0.05, 0) is 18.6 Å². The van der Waals surface area contributed by atoms with Gasteiger partial charge in [0.2, 0.25) is 0 Å². The van der Waals surface area contributed by atoms with Crippen LogP contribution in [0.3, 0.4) is 0 Å². The summed E-state index contributed by atoms with van der Waals surface area (Å²) in [6.07, 6.45) is 5.26. The molecule has 1 aromatic carbocycles. The first-order chi connectivity index (χ1) is 15.4. The van der Waals surface area contributed by atoms with Crippen molar-refractivity contribution in [1.29, 1.82) is 0 Å². The zero-order chi connectivity index (χ0) is 22.4. The van der Waals surface area contributed by atoms with Crippen LogP contribution in [-0.2, 0) is 17.8 Å². The summed E-state index contributed by atoms with van der Waals surface area (Å²) in [7, 11) is 1.66. The number of fused-ring (bicyclic) bond motifs is 2. The van der Waals surface area contributed by atoms with Gasteiger partial charge < -0.3 is 14.5 Å². The Morgan fingerprint density at radius 3 is 2.84 bits per heavy atom. The molecule has 0 unspecified atom stereocenters. The number of rotatable bonds is 3. The van der Waals surface area contributed by atoms with E-state index in [2.05, 4.69) is 15.1 Å². The third kappa shape index (κ3) is 3.47. The van der Waals surface area contributed by atoms with Crippen molar-refractivity contribution in [2.24, 2.45) is 0 Å². The van der Waals surface area contributed by atoms with E-state index in [0.29, 0.717) is 45.8 Å². The second-order valence-corrected chi connectivity index (χ2v) is 8.35. The molecule has 4 heterocycles. The Bertz CT molecular complexity index is 1220. The minimum absolute atomic E-state index is 0.0195. The third-order valence-corrected chi connectivity index (χ3v) is 6.31. The maximum atomic E-state index is 13.3. The first kappa shape index (κ1) is 20.7. The van der Waals surface area contributed by atoms with Gasteiger partial charge in [0.1, 0.15) is 23.6 Å². The molecule has 3 aromatic rings. The molecule has 0 N–H and O–H groups in total. The number of likely N-dealkylation sites (N-methyl/N-ethyl adjacent to an activating group) is 1. The minimum Gasteiger partial charge on any atom is -0.489 e. The van der Waals surface area contributed by atoms with Crippen LogP contribution in [0.15, 0.2) is 36.8 Å². The maximum Gasteiger partial charge on any atom is 0.275 e. The zero-order valence-electron chi connectivity index (χ0n) is 17.0. The molecule has 2 amide bonds. The summed E-state index contributed by atoms with van der Waals surface area (Å²) in [4.78, 5) is 37.8. The molecule has 2 aliphatic rings. The van der Waals surface area contributed by atoms with Crippen molar-refractivity contribution in [3.8, 4) is 5.75 Å². The first-order valence-corrected chi connectivity index (χ1v) is 10.7. The number of nitrogens with zero attached hydrogens (tertiary/aromatic N) is 6. The van der Waals surface area contributed by atoms with Crippen LogP contribution in [0.2, 0.25) is 10.2 Å². The Balaban J connectivity index is 1.42. The molecule has 11 heteroatoms. The van der Waals surface area contributed by atoms with Gasteiger partial charge in [0.05, 0.1) is 24.1 Å². The lowest BCUT2D eigenvalue weighted by molar-refractivity contribution is -0.123. The van der Waals surface area contributed by atoms with Crippen LogP contribution in [-0.4, -0.2) is 62.7 Å². The highest BCUT2D eigenvalue weighted by Crippen LogP contribution is 2.35. The maximum absolute atomic E-state index is 13.3. The van der Waals surface area contributed by atoms with Crippen LogP contribution in [0.25, 0.3) is 0 Å². The van der Waals surface area contributed by atoms with Gasteiger partial charge in [-0.1, -0.05) is 23.2 Å². The van der Waals surface area contributed by atoms with Gasteiger partial charge >= 0.3 is 0 Å². The summed E-state index contributed by atoms with van der Waals surface area (Å²) >= 11 is 12.6. The summed E-state index contributed by atoms with van der Waals surface area (Å²) < 4.78 is 7.41. The molecule has 0 saturated carbocycles. The average Bonchev–Trinajstić information content (AvgIpc) is 3.05. The van der Waals surface area contributed by atoms with E-state index in [1.165, 1.54) is 14.5 Å². The quantitative estimate of drug-likeness (QED) is 0.580. The fourth-order valence-corrected chi connectivity index (χ4v) is 4.44. The van der Waals surface area contributed by atoms with Crippen molar-refractivity contribution in [2.75, 3.05) is 25.1 Å². The Kier molecular flexibility index (Phi) is 5.22. The van der Waals surface area contributed by atoms with Gasteiger partial charge in [-0.2, -0.15) is 5.10 Å². The molecule has 2 aliphatic heterocycles. The van der Waals surface area contributed by atoms with E-state index in [1.54, 1.807) is 43.8 Å². The van der Waals surface area contributed by atoms with Gasteiger partial charge in [0.25, 0.3) is 11.8 Å². The van der Waals surface area contributed by atoms with Gasteiger partial charge in [-0.25, -0.2) is 4.68 Å². The first-order valence-electron chi connectivity index (χ1n) is 9.95. The molecule has 1 atom stereocenters. The average molecular weight is 473 g/mol. The van der Waals surface area contributed by atoms with Crippen LogP contribution in [0.5, 0.6) is 5.75 Å². The predicted molar refractivity (Wildman–Crippen MR) is 117 cm³/mol. The standard InChI is InChI=1S/C21H18Cl2N6O3/c1-27-15-3-2-12(22)8-17(15)32-11-16(20(27)30)28-7-4-14-18(21(28)31)26-29(19(14)23)10-13-9-24-5-6-25-13/h2-3,5-6,8-9,16H,4,7,10-11H2,1H3/t16-/m0/s1. The topological polar surface area (TPSA) is 93.5 Å². The molecule has 9 nitrogen and oxygen atoms in total. The lowest BCUT2D eigenvalue weighted by atomic mass is 10.0. The Labute approximate surface area is 193 Å². The van der Waals surface area contributed by atoms with Gasteiger partial charge in [-0.3, -0.25) is 19.6 Å². The van der Waals surface area contributed by atoms with Crippen molar-refractivity contribution in [2.45, 2.75) is 19.0 Å². The van der Waals surface area contributed by atoms with Crippen LogP contribution in [0, 0.1) is 0 Å². The van der Waals surface area contributed by atoms with E-state index in [9.17, 15) is 9.59 Å². The van der Waals surface area contributed by atoms with E-state index >= 15 is 0 Å². The van der Waals surface area contributed by atoms with E-state index in [0.717, 1.165) is 0 Å². The number of carbonyl (C=O) groups excluding carboxylic acids is 2. The molecule has 0 fully saturated rings. The second-order valence-electron chi connectivity index (χ2n) is 7.56. The van der Waals surface area contributed by atoms with Crippen molar-refractivity contribution in [3.05, 3.63) is 63.9 Å². The zero-order valence-corrected chi connectivity index (χ0v) is 18.5. The summed E-state index contributed by atoms with van der Waals surface area (Å²) in [5.41, 5.74) is 2.18. The van der Waals surface area contributed by atoms with Crippen LogP contribution in [0.1, 0.15) is 21.7 Å². The number of aromatic nitrogens is 4. The third-order valence-electron chi connectivity index (χ3n) is 5.65. The fourth-order valence-electron chi connectivity index (χ4n) is 4.00. The number of benzene rings is 1. The molecule has 0 saturated heterocycles. The number of anilines is 1. The number of amides is 2. The Morgan fingerprint density at radius 2 is 2.06 bits per heavy atom. The number of halogens is 2. The molecule has 0 bridgehead atoms. The highest BCUT2D eigenvalue weighted by molar-refractivity contribution is 6.31. The van der Waals surface area contributed by atoms with Crippen LogP contribution < -0.4 is 9.64 Å². The molecule has 164 valence electrons. The van der Waals surface area contributed by atoms with Gasteiger partial charge in [0, 0.05) is 42.6 Å². The molecular formula is C21H18Cl2N6O3. The SMILES string of the molecule is CN1C(=O)[C@@H](N2CCc3c(nn(Cc4cnccn4)c3Cl)C2=O)COc2cc(Cl)ccc21. The lowest BCUT2D eigenvalue weighted by Crippen LogP contribution is -2.54. The normalized spacial score (nSPS) is 18.2. The smallest absolute Gasteiger partial charge is 0.275 e. The molecular weight excluding hydrogens is 455 g/mol. The summed E-state index contributed by atoms with van der Waals surface area (Å²) in [6.45, 7) is 0.635. The van der Waals surface area contributed by atoms with E-state index < -0.39 is 6.04 Å². The van der Waals surface area contributed by atoms with E-state index in [4.69, 9.17) is 27.9 Å². The predicted octanol–water partition coefficient (Wildman–Crippen LogP) is 2.45. The highest BCUT2D eigenvalue weighted by Gasteiger charge is 2.40. The number of carbonyl (C=O) groups is 2. The van der Waals surface area contributed by atoms with E-state index in [1.807, 2.05) is 0 Å². The van der Waals surface area contributed by atoms with Crippen LogP contribution in [0.4, 0.5) is 5.69 Å². The second kappa shape index (κ2) is 8.07. The number of hydrogen-bond acceptors (Lipinski definition) is 6. The van der Waals surface area contributed by atoms with Gasteiger partial charge in [0.15, 0.2) is 5.69 Å². The lowest BCUT2D eigenvalue weighted by Gasteiger charge is -2.33. The van der Waals surface area contributed by atoms with Crippen molar-refractivity contribution in [1.82, 2.24) is 24.6 Å². The largest absolute Gasteiger partial charge is 0.489 e.